The molecule has 0 spiro atoms. The lowest BCUT2D eigenvalue weighted by Crippen LogP contribution is -2.35. The minimum atomic E-state index is -0.0749. The summed E-state index contributed by atoms with van der Waals surface area (Å²) in [7, 11) is 1.77. The summed E-state index contributed by atoms with van der Waals surface area (Å²) in [5.74, 6) is 0.825. The Hall–Kier alpha value is -2.23. The number of anilines is 1. The van der Waals surface area contributed by atoms with Crippen molar-refractivity contribution in [1.29, 1.82) is 0 Å². The highest BCUT2D eigenvalue weighted by atomic mass is 16.3. The molecule has 0 unspecified atom stereocenters. The van der Waals surface area contributed by atoms with Crippen molar-refractivity contribution < 1.29 is 9.21 Å². The van der Waals surface area contributed by atoms with E-state index in [4.69, 9.17) is 4.42 Å². The molecule has 0 saturated heterocycles. The van der Waals surface area contributed by atoms with E-state index in [9.17, 15) is 4.79 Å². The van der Waals surface area contributed by atoms with Gasteiger partial charge in [-0.15, -0.1) is 0 Å². The number of rotatable bonds is 1. The molecule has 1 aromatic heterocycles. The highest BCUT2D eigenvalue weighted by molar-refractivity contribution is 5.93. The predicted octanol–water partition coefficient (Wildman–Crippen LogP) is 2.92. The summed E-state index contributed by atoms with van der Waals surface area (Å²) in [6.45, 7) is 0.595. The topological polar surface area (TPSA) is 45.5 Å². The summed E-state index contributed by atoms with van der Waals surface area (Å²) in [5, 5.41) is 2.86. The molecule has 0 bridgehead atoms. The second-order valence-electron chi connectivity index (χ2n) is 4.10. The van der Waals surface area contributed by atoms with Crippen LogP contribution in [0.4, 0.5) is 10.5 Å². The Morgan fingerprint density at radius 2 is 2.18 bits per heavy atom. The summed E-state index contributed by atoms with van der Waals surface area (Å²) in [6, 6.07) is 9.54. The molecule has 0 aliphatic carbocycles. The van der Waals surface area contributed by atoms with Gasteiger partial charge < -0.3 is 14.6 Å². The van der Waals surface area contributed by atoms with E-state index in [1.54, 1.807) is 18.2 Å². The molecule has 1 N–H and O–H groups in total. The van der Waals surface area contributed by atoms with Crippen molar-refractivity contribution in [2.45, 2.75) is 6.54 Å². The predicted molar refractivity (Wildman–Crippen MR) is 64.6 cm³/mol. The number of amides is 2. The van der Waals surface area contributed by atoms with E-state index in [1.807, 2.05) is 30.3 Å². The van der Waals surface area contributed by atoms with Gasteiger partial charge in [0.2, 0.25) is 0 Å². The van der Waals surface area contributed by atoms with Crippen molar-refractivity contribution in [2.75, 3.05) is 12.4 Å². The molecule has 1 aromatic carbocycles. The second-order valence-corrected chi connectivity index (χ2v) is 4.10. The van der Waals surface area contributed by atoms with Gasteiger partial charge in [0, 0.05) is 30.4 Å². The number of benzene rings is 1. The second kappa shape index (κ2) is 3.66. The van der Waals surface area contributed by atoms with Crippen molar-refractivity contribution in [3.63, 3.8) is 0 Å². The fourth-order valence-electron chi connectivity index (χ4n) is 2.06. The quantitative estimate of drug-likeness (QED) is 0.815. The molecule has 4 nitrogen and oxygen atoms in total. The summed E-state index contributed by atoms with van der Waals surface area (Å²) in [6.07, 6.45) is 1.65. The number of carbonyl (C=O) groups is 1. The molecule has 17 heavy (non-hydrogen) atoms. The molecule has 0 fully saturated rings. The molecule has 0 atom stereocenters. The first kappa shape index (κ1) is 9.96. The molecular formula is C13H12N2O2. The summed E-state index contributed by atoms with van der Waals surface area (Å²) < 4.78 is 5.42. The monoisotopic (exact) mass is 228 g/mol. The van der Waals surface area contributed by atoms with Gasteiger partial charge in [-0.2, -0.15) is 0 Å². The fourth-order valence-corrected chi connectivity index (χ4v) is 2.06. The maximum absolute atomic E-state index is 11.5. The Morgan fingerprint density at radius 1 is 1.29 bits per heavy atom. The summed E-state index contributed by atoms with van der Waals surface area (Å²) in [4.78, 5) is 13.2. The average Bonchev–Trinajstić information content (AvgIpc) is 2.83. The van der Waals surface area contributed by atoms with Crippen LogP contribution in [-0.2, 0) is 6.54 Å². The van der Waals surface area contributed by atoms with Gasteiger partial charge in [0.05, 0.1) is 6.26 Å². The molecule has 4 heteroatoms. The van der Waals surface area contributed by atoms with Crippen LogP contribution in [0.5, 0.6) is 0 Å². The Morgan fingerprint density at radius 3 is 2.94 bits per heavy atom. The Balaban J connectivity index is 2.14. The lowest BCUT2D eigenvalue weighted by molar-refractivity contribution is 0.218. The van der Waals surface area contributed by atoms with Gasteiger partial charge in [-0.25, -0.2) is 4.79 Å². The molecular weight excluding hydrogens is 216 g/mol. The largest absolute Gasteiger partial charge is 0.464 e. The zero-order chi connectivity index (χ0) is 11.8. The van der Waals surface area contributed by atoms with Crippen LogP contribution in [0.25, 0.3) is 11.3 Å². The van der Waals surface area contributed by atoms with E-state index < -0.39 is 0 Å². The summed E-state index contributed by atoms with van der Waals surface area (Å²) >= 11 is 0. The van der Waals surface area contributed by atoms with E-state index in [-0.39, 0.29) is 6.03 Å². The third-order valence-electron chi connectivity index (χ3n) is 2.95. The number of nitrogens with zero attached hydrogens (tertiary/aromatic N) is 1. The lowest BCUT2D eigenvalue weighted by Gasteiger charge is -2.27. The molecule has 3 rings (SSSR count). The lowest BCUT2D eigenvalue weighted by atomic mass is 10.0. The third kappa shape index (κ3) is 1.58. The Bertz CT molecular complexity index is 561. The maximum Gasteiger partial charge on any atom is 0.321 e. The molecule has 2 amide bonds. The van der Waals surface area contributed by atoms with Gasteiger partial charge in [0.25, 0.3) is 0 Å². The van der Waals surface area contributed by atoms with E-state index in [0.29, 0.717) is 6.54 Å². The van der Waals surface area contributed by atoms with Crippen molar-refractivity contribution in [3.8, 4) is 11.3 Å². The standard InChI is InChI=1S/C13H12N2O2/c1-15-8-10-9(12-6-3-7-17-12)4-2-5-11(10)14-13(15)16/h2-7H,8H2,1H3,(H,14,16). The average molecular weight is 228 g/mol. The SMILES string of the molecule is CN1Cc2c(cccc2-c2ccco2)NC1=O. The van der Waals surface area contributed by atoms with Crippen LogP contribution < -0.4 is 5.32 Å². The van der Waals surface area contributed by atoms with Crippen molar-refractivity contribution >= 4 is 11.7 Å². The number of hydrogen-bond donors (Lipinski definition) is 1. The highest BCUT2D eigenvalue weighted by Gasteiger charge is 2.22. The molecule has 86 valence electrons. The minimum absolute atomic E-state index is 0.0749. The third-order valence-corrected chi connectivity index (χ3v) is 2.95. The van der Waals surface area contributed by atoms with E-state index >= 15 is 0 Å². The highest BCUT2D eigenvalue weighted by Crippen LogP contribution is 2.32. The first-order valence-corrected chi connectivity index (χ1v) is 5.43. The van der Waals surface area contributed by atoms with Crippen molar-refractivity contribution in [2.24, 2.45) is 0 Å². The zero-order valence-electron chi connectivity index (χ0n) is 9.43. The van der Waals surface area contributed by atoms with Crippen LogP contribution >= 0.6 is 0 Å². The number of nitrogens with one attached hydrogen (secondary N) is 1. The normalized spacial score (nSPS) is 14.4. The van der Waals surface area contributed by atoms with Gasteiger partial charge in [-0.3, -0.25) is 0 Å². The van der Waals surface area contributed by atoms with Crippen LogP contribution in [0.1, 0.15) is 5.56 Å². The number of hydrogen-bond acceptors (Lipinski definition) is 2. The van der Waals surface area contributed by atoms with Crippen LogP contribution in [-0.4, -0.2) is 18.0 Å². The molecule has 2 heterocycles. The molecule has 1 aliphatic rings. The smallest absolute Gasteiger partial charge is 0.321 e. The first-order valence-electron chi connectivity index (χ1n) is 5.43. The Kier molecular flexibility index (Phi) is 2.14. The number of fused-ring (bicyclic) bond motifs is 1. The van der Waals surface area contributed by atoms with Gasteiger partial charge in [0.15, 0.2) is 0 Å². The van der Waals surface area contributed by atoms with E-state index in [1.165, 1.54) is 0 Å². The molecule has 1 aliphatic heterocycles. The number of urea groups is 1. The van der Waals surface area contributed by atoms with Gasteiger partial charge in [-0.1, -0.05) is 12.1 Å². The van der Waals surface area contributed by atoms with Crippen molar-refractivity contribution in [3.05, 3.63) is 42.2 Å². The van der Waals surface area contributed by atoms with E-state index in [0.717, 1.165) is 22.6 Å². The van der Waals surface area contributed by atoms with Crippen molar-refractivity contribution in [1.82, 2.24) is 4.90 Å². The molecule has 0 radical (unpaired) electrons. The first-order chi connectivity index (χ1) is 8.25. The molecule has 2 aromatic rings. The minimum Gasteiger partial charge on any atom is -0.464 e. The van der Waals surface area contributed by atoms with Crippen LogP contribution in [0.15, 0.2) is 41.0 Å². The van der Waals surface area contributed by atoms with Gasteiger partial charge in [-0.05, 0) is 18.2 Å². The Labute approximate surface area is 98.8 Å². The van der Waals surface area contributed by atoms with Crippen LogP contribution in [0.3, 0.4) is 0 Å². The van der Waals surface area contributed by atoms with Gasteiger partial charge in [0.1, 0.15) is 5.76 Å². The molecule has 0 saturated carbocycles. The van der Waals surface area contributed by atoms with Crippen LogP contribution in [0.2, 0.25) is 0 Å². The summed E-state index contributed by atoms with van der Waals surface area (Å²) in [5.41, 5.74) is 2.98. The zero-order valence-corrected chi connectivity index (χ0v) is 9.43. The van der Waals surface area contributed by atoms with Gasteiger partial charge >= 0.3 is 6.03 Å². The fraction of sp³-hybridized carbons (Fsp3) is 0.154. The number of carbonyl (C=O) groups excluding carboxylic acids is 1. The van der Waals surface area contributed by atoms with Crippen LogP contribution in [0, 0.1) is 0 Å². The van der Waals surface area contributed by atoms with E-state index in [2.05, 4.69) is 5.32 Å². The maximum atomic E-state index is 11.5. The number of furan rings is 1.